The van der Waals surface area contributed by atoms with E-state index in [0.29, 0.717) is 5.56 Å². The van der Waals surface area contributed by atoms with Gasteiger partial charge in [0.05, 0.1) is 0 Å². The summed E-state index contributed by atoms with van der Waals surface area (Å²) in [7, 11) is 0. The summed E-state index contributed by atoms with van der Waals surface area (Å²) in [6.07, 6.45) is 0.836. The minimum atomic E-state index is -0.182. The zero-order chi connectivity index (χ0) is 15.2. The zero-order valence-electron chi connectivity index (χ0n) is 12.4. The minimum Gasteiger partial charge on any atom is -0.487 e. The number of rotatable bonds is 2. The van der Waals surface area contributed by atoms with E-state index in [4.69, 9.17) is 4.74 Å². The first-order chi connectivity index (χ1) is 9.85. The lowest BCUT2D eigenvalue weighted by Crippen LogP contribution is -2.24. The minimum absolute atomic E-state index is 0.0538. The van der Waals surface area contributed by atoms with Gasteiger partial charge in [0.2, 0.25) is 0 Å². The highest BCUT2D eigenvalue weighted by Crippen LogP contribution is 2.35. The van der Waals surface area contributed by atoms with Crippen LogP contribution in [0.1, 0.15) is 40.9 Å². The van der Waals surface area contributed by atoms with Crippen molar-refractivity contribution in [3.63, 3.8) is 0 Å². The van der Waals surface area contributed by atoms with Crippen molar-refractivity contribution in [2.24, 2.45) is 0 Å². The molecule has 0 atom stereocenters. The highest BCUT2D eigenvalue weighted by Gasteiger charge is 2.30. The zero-order valence-corrected chi connectivity index (χ0v) is 14.0. The Hall–Kier alpha value is -1.61. The maximum Gasteiger partial charge on any atom is 0.193 e. The van der Waals surface area contributed by atoms with Crippen molar-refractivity contribution in [1.82, 2.24) is 0 Å². The molecule has 0 aliphatic carbocycles. The number of carbonyl (C=O) groups excluding carboxylic acids is 1. The Morgan fingerprint density at radius 2 is 1.81 bits per heavy atom. The molecule has 2 nitrogen and oxygen atoms in total. The van der Waals surface area contributed by atoms with Crippen molar-refractivity contribution < 1.29 is 9.53 Å². The van der Waals surface area contributed by atoms with E-state index in [1.165, 1.54) is 0 Å². The molecule has 1 aliphatic heterocycles. The smallest absolute Gasteiger partial charge is 0.193 e. The molecule has 108 valence electrons. The Balaban J connectivity index is 1.95. The molecule has 0 spiro atoms. The van der Waals surface area contributed by atoms with Crippen LogP contribution < -0.4 is 4.74 Å². The van der Waals surface area contributed by atoms with Gasteiger partial charge in [-0.25, -0.2) is 0 Å². The number of hydrogen-bond donors (Lipinski definition) is 0. The van der Waals surface area contributed by atoms with Crippen LogP contribution in [0.2, 0.25) is 0 Å². The summed E-state index contributed by atoms with van der Waals surface area (Å²) >= 11 is 3.46. The van der Waals surface area contributed by atoms with Crippen LogP contribution in [0.5, 0.6) is 5.75 Å². The van der Waals surface area contributed by atoms with Gasteiger partial charge in [0.1, 0.15) is 11.4 Å². The highest BCUT2D eigenvalue weighted by molar-refractivity contribution is 9.10. The predicted octanol–water partition coefficient (Wildman–Crippen LogP) is 4.70. The molecular formula is C18H17BrO2. The van der Waals surface area contributed by atoms with Crippen molar-refractivity contribution in [3.8, 4) is 5.75 Å². The molecule has 0 radical (unpaired) electrons. The van der Waals surface area contributed by atoms with E-state index in [0.717, 1.165) is 33.3 Å². The molecule has 3 heteroatoms. The SMILES string of the molecule is Cc1cc(C(=O)c2ccc3c(c2)CC(C)(C)O3)ccc1Br. The molecular weight excluding hydrogens is 328 g/mol. The van der Waals surface area contributed by atoms with Crippen molar-refractivity contribution in [3.05, 3.63) is 63.1 Å². The summed E-state index contributed by atoms with van der Waals surface area (Å²) < 4.78 is 6.87. The molecule has 21 heavy (non-hydrogen) atoms. The van der Waals surface area contributed by atoms with Crippen LogP contribution in [-0.2, 0) is 6.42 Å². The fourth-order valence-corrected chi connectivity index (χ4v) is 2.95. The third-order valence-electron chi connectivity index (χ3n) is 3.75. The third kappa shape index (κ3) is 2.75. The van der Waals surface area contributed by atoms with Gasteiger partial charge in [-0.2, -0.15) is 0 Å². The number of carbonyl (C=O) groups is 1. The van der Waals surface area contributed by atoms with Gasteiger partial charge in [0, 0.05) is 22.0 Å². The van der Waals surface area contributed by atoms with E-state index in [1.54, 1.807) is 0 Å². The number of ketones is 1. The monoisotopic (exact) mass is 344 g/mol. The lowest BCUT2D eigenvalue weighted by atomic mass is 9.96. The van der Waals surface area contributed by atoms with Crippen LogP contribution in [0.4, 0.5) is 0 Å². The number of hydrogen-bond acceptors (Lipinski definition) is 2. The van der Waals surface area contributed by atoms with Gasteiger partial charge in [-0.3, -0.25) is 4.79 Å². The fourth-order valence-electron chi connectivity index (χ4n) is 2.70. The first-order valence-electron chi connectivity index (χ1n) is 6.98. The predicted molar refractivity (Wildman–Crippen MR) is 87.2 cm³/mol. The van der Waals surface area contributed by atoms with Gasteiger partial charge in [-0.05, 0) is 68.3 Å². The number of fused-ring (bicyclic) bond motifs is 1. The van der Waals surface area contributed by atoms with E-state index >= 15 is 0 Å². The molecule has 2 aromatic rings. The number of aryl methyl sites for hydroxylation is 1. The summed E-state index contributed by atoms with van der Waals surface area (Å²) in [5.74, 6) is 0.946. The number of benzene rings is 2. The largest absolute Gasteiger partial charge is 0.487 e. The van der Waals surface area contributed by atoms with Crippen LogP contribution in [0, 0.1) is 6.92 Å². The first-order valence-corrected chi connectivity index (χ1v) is 7.78. The average molecular weight is 345 g/mol. The van der Waals surface area contributed by atoms with Crippen LogP contribution >= 0.6 is 15.9 Å². The molecule has 0 aromatic heterocycles. The third-order valence-corrected chi connectivity index (χ3v) is 4.63. The normalized spacial score (nSPS) is 15.4. The maximum absolute atomic E-state index is 12.6. The summed E-state index contributed by atoms with van der Waals surface area (Å²) in [6, 6.07) is 11.4. The van der Waals surface area contributed by atoms with Crippen LogP contribution in [0.15, 0.2) is 40.9 Å². The first kappa shape index (κ1) is 14.3. The van der Waals surface area contributed by atoms with Gasteiger partial charge in [-0.15, -0.1) is 0 Å². The van der Waals surface area contributed by atoms with Crippen molar-refractivity contribution >= 4 is 21.7 Å². The number of halogens is 1. The molecule has 1 aliphatic rings. The second-order valence-electron chi connectivity index (χ2n) is 6.15. The molecule has 2 aromatic carbocycles. The average Bonchev–Trinajstić information content (AvgIpc) is 2.73. The van der Waals surface area contributed by atoms with E-state index in [9.17, 15) is 4.79 Å². The van der Waals surface area contributed by atoms with Crippen LogP contribution in [0.25, 0.3) is 0 Å². The molecule has 0 amide bonds. The van der Waals surface area contributed by atoms with Gasteiger partial charge in [0.15, 0.2) is 5.78 Å². The second kappa shape index (κ2) is 4.99. The van der Waals surface area contributed by atoms with Gasteiger partial charge in [-0.1, -0.05) is 15.9 Å². The molecule has 0 N–H and O–H groups in total. The van der Waals surface area contributed by atoms with E-state index in [1.807, 2.05) is 43.3 Å². The molecule has 0 fully saturated rings. The van der Waals surface area contributed by atoms with E-state index in [-0.39, 0.29) is 11.4 Å². The number of ether oxygens (including phenoxy) is 1. The van der Waals surface area contributed by atoms with Gasteiger partial charge < -0.3 is 4.74 Å². The molecule has 0 saturated carbocycles. The molecule has 1 heterocycles. The lowest BCUT2D eigenvalue weighted by Gasteiger charge is -2.16. The van der Waals surface area contributed by atoms with Crippen LogP contribution in [-0.4, -0.2) is 11.4 Å². The highest BCUT2D eigenvalue weighted by atomic mass is 79.9. The van der Waals surface area contributed by atoms with Gasteiger partial charge in [0.25, 0.3) is 0 Å². The maximum atomic E-state index is 12.6. The Labute approximate surface area is 133 Å². The van der Waals surface area contributed by atoms with Crippen molar-refractivity contribution in [2.45, 2.75) is 32.8 Å². The topological polar surface area (TPSA) is 26.3 Å². The summed E-state index contributed by atoms with van der Waals surface area (Å²) in [5, 5.41) is 0. The summed E-state index contributed by atoms with van der Waals surface area (Å²) in [5.41, 5.74) is 3.43. The Kier molecular flexibility index (Phi) is 3.40. The quantitative estimate of drug-likeness (QED) is 0.738. The molecule has 0 unspecified atom stereocenters. The van der Waals surface area contributed by atoms with Crippen molar-refractivity contribution in [1.29, 1.82) is 0 Å². The Bertz CT molecular complexity index is 732. The lowest BCUT2D eigenvalue weighted by molar-refractivity contribution is 0.103. The molecule has 0 saturated heterocycles. The molecule has 0 bridgehead atoms. The van der Waals surface area contributed by atoms with Crippen LogP contribution in [0.3, 0.4) is 0 Å². The standard InChI is InChI=1S/C18H17BrO2/c1-11-8-12(4-6-15(11)19)17(20)13-5-7-16-14(9-13)10-18(2,3)21-16/h4-9H,10H2,1-3H3. The summed E-state index contributed by atoms with van der Waals surface area (Å²) in [6.45, 7) is 6.11. The Morgan fingerprint density at radius 3 is 2.52 bits per heavy atom. The second-order valence-corrected chi connectivity index (χ2v) is 7.01. The fraction of sp³-hybridized carbons (Fsp3) is 0.278. The van der Waals surface area contributed by atoms with E-state index in [2.05, 4.69) is 29.8 Å². The van der Waals surface area contributed by atoms with E-state index < -0.39 is 0 Å². The van der Waals surface area contributed by atoms with Crippen molar-refractivity contribution in [2.75, 3.05) is 0 Å². The molecule has 3 rings (SSSR count). The van der Waals surface area contributed by atoms with Gasteiger partial charge >= 0.3 is 0 Å². The Morgan fingerprint density at radius 1 is 1.14 bits per heavy atom. The summed E-state index contributed by atoms with van der Waals surface area (Å²) in [4.78, 5) is 12.6.